The number of aromatic nitrogens is 2. The van der Waals surface area contributed by atoms with Gasteiger partial charge >= 0.3 is 0 Å². The Morgan fingerprint density at radius 3 is 2.83 bits per heavy atom. The lowest BCUT2D eigenvalue weighted by atomic mass is 10.1. The molecule has 29 heavy (non-hydrogen) atoms. The number of amides is 2. The molecule has 4 rings (SSSR count). The van der Waals surface area contributed by atoms with Crippen molar-refractivity contribution < 1.29 is 14.1 Å². The number of aryl methyl sites for hydroxylation is 1. The number of benzene rings is 1. The fourth-order valence-electron chi connectivity index (χ4n) is 3.39. The zero-order chi connectivity index (χ0) is 20.2. The minimum atomic E-state index is -0.158. The molecule has 1 N–H and O–H groups in total. The van der Waals surface area contributed by atoms with Gasteiger partial charge in [-0.1, -0.05) is 11.2 Å². The van der Waals surface area contributed by atoms with Gasteiger partial charge in [0.1, 0.15) is 0 Å². The summed E-state index contributed by atoms with van der Waals surface area (Å²) in [6.45, 7) is 3.46. The molecule has 0 atom stereocenters. The van der Waals surface area contributed by atoms with Crippen LogP contribution in [0.1, 0.15) is 41.1 Å². The van der Waals surface area contributed by atoms with Crippen molar-refractivity contribution >= 4 is 28.8 Å². The summed E-state index contributed by atoms with van der Waals surface area (Å²) in [6.07, 6.45) is 2.67. The minimum absolute atomic E-state index is 0.0305. The average Bonchev–Trinajstić information content (AvgIpc) is 3.49. The highest BCUT2D eigenvalue weighted by atomic mass is 32.1. The van der Waals surface area contributed by atoms with E-state index in [1.54, 1.807) is 17.4 Å². The molecule has 7 nitrogen and oxygen atoms in total. The third-order valence-electron chi connectivity index (χ3n) is 5.04. The van der Waals surface area contributed by atoms with E-state index >= 15 is 0 Å². The first-order valence-electron chi connectivity index (χ1n) is 9.66. The molecule has 2 amide bonds. The molecule has 0 unspecified atom stereocenters. The van der Waals surface area contributed by atoms with E-state index in [2.05, 4.69) is 15.5 Å². The molecule has 3 heterocycles. The average molecular weight is 410 g/mol. The maximum atomic E-state index is 12.7. The number of likely N-dealkylation sites (tertiary alicyclic amines) is 1. The number of carbonyl (C=O) groups excluding carboxylic acids is 2. The van der Waals surface area contributed by atoms with E-state index in [9.17, 15) is 9.59 Å². The van der Waals surface area contributed by atoms with Crippen LogP contribution in [-0.4, -0.2) is 39.9 Å². The molecule has 0 spiro atoms. The highest BCUT2D eigenvalue weighted by Crippen LogP contribution is 2.23. The Hall–Kier alpha value is -3.00. The Morgan fingerprint density at radius 1 is 1.24 bits per heavy atom. The smallest absolute Gasteiger partial charge is 0.254 e. The van der Waals surface area contributed by atoms with Crippen LogP contribution in [0.3, 0.4) is 0 Å². The van der Waals surface area contributed by atoms with Gasteiger partial charge < -0.3 is 14.7 Å². The van der Waals surface area contributed by atoms with E-state index in [-0.39, 0.29) is 18.2 Å². The van der Waals surface area contributed by atoms with Crippen LogP contribution >= 0.6 is 11.3 Å². The van der Waals surface area contributed by atoms with Crippen molar-refractivity contribution in [3.8, 4) is 11.4 Å². The largest absolute Gasteiger partial charge is 0.339 e. The lowest BCUT2D eigenvalue weighted by Gasteiger charge is -2.18. The summed E-state index contributed by atoms with van der Waals surface area (Å²) >= 11 is 1.56. The Morgan fingerprint density at radius 2 is 2.07 bits per heavy atom. The third kappa shape index (κ3) is 4.37. The Balaban J connectivity index is 1.37. The zero-order valence-electron chi connectivity index (χ0n) is 16.2. The van der Waals surface area contributed by atoms with Crippen molar-refractivity contribution in [2.45, 2.75) is 32.6 Å². The molecular weight excluding hydrogens is 388 g/mol. The van der Waals surface area contributed by atoms with Crippen LogP contribution < -0.4 is 5.32 Å². The van der Waals surface area contributed by atoms with E-state index in [4.69, 9.17) is 4.52 Å². The van der Waals surface area contributed by atoms with Crippen LogP contribution in [0.5, 0.6) is 0 Å². The van der Waals surface area contributed by atoms with Gasteiger partial charge in [-0.2, -0.15) is 16.3 Å². The van der Waals surface area contributed by atoms with Crippen molar-refractivity contribution in [1.82, 2.24) is 15.0 Å². The lowest BCUT2D eigenvalue weighted by molar-refractivity contribution is -0.116. The van der Waals surface area contributed by atoms with Crippen LogP contribution in [0.4, 0.5) is 5.69 Å². The monoisotopic (exact) mass is 410 g/mol. The number of thiophene rings is 1. The summed E-state index contributed by atoms with van der Waals surface area (Å²) in [5.74, 6) is 0.832. The zero-order valence-corrected chi connectivity index (χ0v) is 17.0. The van der Waals surface area contributed by atoms with E-state index in [1.165, 1.54) is 0 Å². The van der Waals surface area contributed by atoms with Gasteiger partial charge in [0.15, 0.2) is 0 Å². The van der Waals surface area contributed by atoms with Crippen LogP contribution in [0, 0.1) is 6.92 Å². The third-order valence-corrected chi connectivity index (χ3v) is 5.73. The second kappa shape index (κ2) is 8.57. The second-order valence-corrected chi connectivity index (χ2v) is 7.83. The number of hydrogen-bond acceptors (Lipinski definition) is 6. The Labute approximate surface area is 172 Å². The Bertz CT molecular complexity index is 1010. The lowest BCUT2D eigenvalue weighted by Crippen LogP contribution is -2.28. The highest BCUT2D eigenvalue weighted by Gasteiger charge is 2.22. The van der Waals surface area contributed by atoms with Crippen LogP contribution in [-0.2, 0) is 11.2 Å². The summed E-state index contributed by atoms with van der Waals surface area (Å²) in [4.78, 5) is 31.3. The standard InChI is InChI=1S/C21H22N4O3S/c1-14-16(21(27)25-10-2-3-11-25)5-4-6-17(14)22-18(26)7-8-19-23-20(24-28-19)15-9-12-29-13-15/h4-6,9,12-13H,2-3,7-8,10-11H2,1H3,(H,22,26). The maximum absolute atomic E-state index is 12.7. The maximum Gasteiger partial charge on any atom is 0.254 e. The molecule has 0 radical (unpaired) electrons. The van der Waals surface area contributed by atoms with Gasteiger partial charge in [-0.25, -0.2) is 0 Å². The van der Waals surface area contributed by atoms with Crippen molar-refractivity contribution in [3.05, 3.63) is 52.0 Å². The molecule has 1 fully saturated rings. The van der Waals surface area contributed by atoms with Gasteiger partial charge in [-0.3, -0.25) is 9.59 Å². The van der Waals surface area contributed by atoms with Gasteiger partial charge in [0.05, 0.1) is 0 Å². The van der Waals surface area contributed by atoms with Crippen molar-refractivity contribution in [2.75, 3.05) is 18.4 Å². The van der Waals surface area contributed by atoms with Crippen molar-refractivity contribution in [2.24, 2.45) is 0 Å². The predicted molar refractivity (Wildman–Crippen MR) is 111 cm³/mol. The number of carbonyl (C=O) groups is 2. The quantitative estimate of drug-likeness (QED) is 0.665. The topological polar surface area (TPSA) is 88.3 Å². The first-order valence-corrected chi connectivity index (χ1v) is 10.6. The first kappa shape index (κ1) is 19.3. The van der Waals surface area contributed by atoms with Gasteiger partial charge in [0.25, 0.3) is 5.91 Å². The summed E-state index contributed by atoms with van der Waals surface area (Å²) in [7, 11) is 0. The minimum Gasteiger partial charge on any atom is -0.339 e. The predicted octanol–water partition coefficient (Wildman–Crippen LogP) is 3.91. The molecule has 2 aromatic heterocycles. The van der Waals surface area contributed by atoms with Gasteiger partial charge in [0, 0.05) is 48.1 Å². The summed E-state index contributed by atoms with van der Waals surface area (Å²) < 4.78 is 5.23. The fourth-order valence-corrected chi connectivity index (χ4v) is 4.03. The molecule has 1 saturated heterocycles. The number of nitrogens with zero attached hydrogens (tertiary/aromatic N) is 3. The van der Waals surface area contributed by atoms with E-state index in [0.29, 0.717) is 29.4 Å². The SMILES string of the molecule is Cc1c(NC(=O)CCc2nc(-c3ccsc3)no2)cccc1C(=O)N1CCCC1. The summed E-state index contributed by atoms with van der Waals surface area (Å²) in [5.41, 5.74) is 2.99. The molecule has 3 aromatic rings. The second-order valence-electron chi connectivity index (χ2n) is 7.05. The van der Waals surface area contributed by atoms with Crippen molar-refractivity contribution in [1.29, 1.82) is 0 Å². The van der Waals surface area contributed by atoms with Crippen LogP contribution in [0.15, 0.2) is 39.5 Å². The van der Waals surface area contributed by atoms with Crippen LogP contribution in [0.2, 0.25) is 0 Å². The Kier molecular flexibility index (Phi) is 5.71. The van der Waals surface area contributed by atoms with Crippen LogP contribution in [0.25, 0.3) is 11.4 Å². The highest BCUT2D eigenvalue weighted by molar-refractivity contribution is 7.08. The van der Waals surface area contributed by atoms with E-state index < -0.39 is 0 Å². The molecule has 0 aliphatic carbocycles. The molecule has 0 bridgehead atoms. The summed E-state index contributed by atoms with van der Waals surface area (Å²) in [6, 6.07) is 7.35. The first-order chi connectivity index (χ1) is 14.1. The molecular formula is C21H22N4O3S. The van der Waals surface area contributed by atoms with E-state index in [1.807, 2.05) is 40.8 Å². The number of hydrogen-bond donors (Lipinski definition) is 1. The fraction of sp³-hybridized carbons (Fsp3) is 0.333. The molecule has 1 aromatic carbocycles. The van der Waals surface area contributed by atoms with Gasteiger partial charge in [0.2, 0.25) is 17.6 Å². The van der Waals surface area contributed by atoms with Gasteiger partial charge in [-0.15, -0.1) is 0 Å². The number of nitrogens with one attached hydrogen (secondary N) is 1. The van der Waals surface area contributed by atoms with Gasteiger partial charge in [-0.05, 0) is 48.9 Å². The number of rotatable bonds is 6. The van der Waals surface area contributed by atoms with Crippen molar-refractivity contribution in [3.63, 3.8) is 0 Å². The molecule has 0 saturated carbocycles. The molecule has 1 aliphatic heterocycles. The summed E-state index contributed by atoms with van der Waals surface area (Å²) in [5, 5.41) is 10.7. The van der Waals surface area contributed by atoms with E-state index in [0.717, 1.165) is 37.1 Å². The number of anilines is 1. The molecule has 8 heteroatoms. The molecule has 1 aliphatic rings. The normalized spacial score (nSPS) is 13.6. The molecule has 150 valence electrons.